The van der Waals surface area contributed by atoms with Gasteiger partial charge in [0.15, 0.2) is 0 Å². The highest BCUT2D eigenvalue weighted by molar-refractivity contribution is 6.30. The summed E-state index contributed by atoms with van der Waals surface area (Å²) >= 11 is 6.01. The first-order valence-corrected chi connectivity index (χ1v) is 7.22. The van der Waals surface area contributed by atoms with Crippen LogP contribution >= 0.6 is 11.6 Å². The molecule has 0 saturated heterocycles. The van der Waals surface area contributed by atoms with Gasteiger partial charge in [-0.25, -0.2) is 4.39 Å². The van der Waals surface area contributed by atoms with Gasteiger partial charge in [0, 0.05) is 16.6 Å². The smallest absolute Gasteiger partial charge is 0.128 e. The molecule has 1 atom stereocenters. The molecule has 1 nitrogen and oxygen atoms in total. The van der Waals surface area contributed by atoms with Crippen molar-refractivity contribution in [2.45, 2.75) is 26.3 Å². The lowest BCUT2D eigenvalue weighted by molar-refractivity contribution is 0.509. The Hall–Kier alpha value is -1.38. The average Bonchev–Trinajstić information content (AvgIpc) is 2.41. The molecule has 2 rings (SSSR count). The van der Waals surface area contributed by atoms with E-state index in [1.165, 1.54) is 6.07 Å². The molecule has 0 aliphatic carbocycles. The number of likely N-dealkylation sites (N-methyl/N-ethyl adjacent to an activating group) is 1. The third-order valence-corrected chi connectivity index (χ3v) is 3.54. The van der Waals surface area contributed by atoms with Gasteiger partial charge in [0.05, 0.1) is 0 Å². The molecule has 0 fully saturated rings. The Balaban J connectivity index is 2.29. The van der Waals surface area contributed by atoms with E-state index in [-0.39, 0.29) is 11.9 Å². The summed E-state index contributed by atoms with van der Waals surface area (Å²) in [6, 6.07) is 12.9. The van der Waals surface area contributed by atoms with Crippen molar-refractivity contribution < 1.29 is 4.39 Å². The molecule has 0 saturated carbocycles. The monoisotopic (exact) mass is 291 g/mol. The van der Waals surface area contributed by atoms with Crippen molar-refractivity contribution >= 4 is 11.6 Å². The fourth-order valence-electron chi connectivity index (χ4n) is 2.37. The highest BCUT2D eigenvalue weighted by atomic mass is 35.5. The highest BCUT2D eigenvalue weighted by Crippen LogP contribution is 2.23. The van der Waals surface area contributed by atoms with Crippen LogP contribution in [0.4, 0.5) is 4.39 Å². The van der Waals surface area contributed by atoms with E-state index < -0.39 is 0 Å². The van der Waals surface area contributed by atoms with E-state index >= 15 is 0 Å². The number of hydrogen-bond acceptors (Lipinski definition) is 1. The Morgan fingerprint density at radius 3 is 2.70 bits per heavy atom. The van der Waals surface area contributed by atoms with Crippen LogP contribution in [0, 0.1) is 12.7 Å². The topological polar surface area (TPSA) is 12.0 Å². The lowest BCUT2D eigenvalue weighted by Crippen LogP contribution is -2.24. The fourth-order valence-corrected chi connectivity index (χ4v) is 2.58. The minimum atomic E-state index is -0.163. The van der Waals surface area contributed by atoms with Gasteiger partial charge < -0.3 is 5.32 Å². The first-order valence-electron chi connectivity index (χ1n) is 6.84. The van der Waals surface area contributed by atoms with Gasteiger partial charge in [0.25, 0.3) is 0 Å². The maximum Gasteiger partial charge on any atom is 0.128 e. The van der Waals surface area contributed by atoms with Crippen molar-refractivity contribution in [1.29, 1.82) is 0 Å². The molecule has 0 aliphatic rings. The Kier molecular flexibility index (Phi) is 5.16. The van der Waals surface area contributed by atoms with Gasteiger partial charge in [0.1, 0.15) is 5.82 Å². The van der Waals surface area contributed by atoms with Crippen LogP contribution in [0.1, 0.15) is 29.7 Å². The number of hydrogen-bond donors (Lipinski definition) is 1. The molecule has 3 heteroatoms. The van der Waals surface area contributed by atoms with Crippen LogP contribution in [-0.2, 0) is 6.42 Å². The van der Waals surface area contributed by atoms with Crippen LogP contribution in [0.5, 0.6) is 0 Å². The normalized spacial score (nSPS) is 12.4. The van der Waals surface area contributed by atoms with Crippen LogP contribution in [0.15, 0.2) is 42.5 Å². The number of benzene rings is 2. The van der Waals surface area contributed by atoms with E-state index in [4.69, 9.17) is 11.6 Å². The molecule has 0 amide bonds. The molecule has 2 aromatic rings. The first-order chi connectivity index (χ1) is 9.60. The summed E-state index contributed by atoms with van der Waals surface area (Å²) in [6.45, 7) is 4.79. The summed E-state index contributed by atoms with van der Waals surface area (Å²) < 4.78 is 14.1. The molecule has 0 aliphatic heterocycles. The molecule has 0 bridgehead atoms. The molecule has 1 N–H and O–H groups in total. The molecule has 106 valence electrons. The number of aryl methyl sites for hydroxylation is 1. The van der Waals surface area contributed by atoms with E-state index in [1.807, 2.05) is 44.2 Å². The van der Waals surface area contributed by atoms with Gasteiger partial charge in [-0.1, -0.05) is 48.4 Å². The number of halogens is 2. The molecule has 0 spiro atoms. The van der Waals surface area contributed by atoms with Crippen molar-refractivity contribution in [1.82, 2.24) is 5.32 Å². The second-order valence-electron chi connectivity index (χ2n) is 4.97. The Morgan fingerprint density at radius 1 is 1.20 bits per heavy atom. The van der Waals surface area contributed by atoms with E-state index in [0.29, 0.717) is 10.6 Å². The van der Waals surface area contributed by atoms with Gasteiger partial charge in [-0.15, -0.1) is 0 Å². The van der Waals surface area contributed by atoms with Gasteiger partial charge in [-0.05, 0) is 43.7 Å². The van der Waals surface area contributed by atoms with Crippen molar-refractivity contribution in [3.05, 3.63) is 70.0 Å². The molecule has 0 aromatic heterocycles. The lowest BCUT2D eigenvalue weighted by atomic mass is 9.97. The SMILES string of the molecule is CCNC(Cc1cccc(Cl)c1)c1cc(C)ccc1F. The van der Waals surface area contributed by atoms with Crippen molar-refractivity contribution in [3.8, 4) is 0 Å². The van der Waals surface area contributed by atoms with E-state index in [2.05, 4.69) is 5.32 Å². The van der Waals surface area contributed by atoms with Crippen molar-refractivity contribution in [2.24, 2.45) is 0 Å². The Bertz CT molecular complexity index is 583. The quantitative estimate of drug-likeness (QED) is 0.843. The summed E-state index contributed by atoms with van der Waals surface area (Å²) in [4.78, 5) is 0. The van der Waals surface area contributed by atoms with Gasteiger partial charge in [-0.2, -0.15) is 0 Å². The molecule has 0 heterocycles. The predicted octanol–water partition coefficient (Wildman–Crippen LogP) is 4.68. The predicted molar refractivity (Wildman–Crippen MR) is 82.7 cm³/mol. The number of nitrogens with one attached hydrogen (secondary N) is 1. The second kappa shape index (κ2) is 6.87. The summed E-state index contributed by atoms with van der Waals surface area (Å²) in [5.41, 5.74) is 2.88. The molecule has 1 unspecified atom stereocenters. The van der Waals surface area contributed by atoms with Crippen LogP contribution in [0.2, 0.25) is 5.02 Å². The second-order valence-corrected chi connectivity index (χ2v) is 5.41. The van der Waals surface area contributed by atoms with Crippen LogP contribution < -0.4 is 5.32 Å². The minimum Gasteiger partial charge on any atom is -0.310 e. The minimum absolute atomic E-state index is 0.0432. The van der Waals surface area contributed by atoms with Crippen molar-refractivity contribution in [3.63, 3.8) is 0 Å². The van der Waals surface area contributed by atoms with Gasteiger partial charge in [0.2, 0.25) is 0 Å². The third-order valence-electron chi connectivity index (χ3n) is 3.31. The zero-order valence-electron chi connectivity index (χ0n) is 11.8. The highest BCUT2D eigenvalue weighted by Gasteiger charge is 2.15. The van der Waals surface area contributed by atoms with Crippen LogP contribution in [0.25, 0.3) is 0 Å². The zero-order chi connectivity index (χ0) is 14.5. The van der Waals surface area contributed by atoms with Gasteiger partial charge >= 0.3 is 0 Å². The molecule has 2 aromatic carbocycles. The summed E-state index contributed by atoms with van der Waals surface area (Å²) in [5, 5.41) is 4.06. The summed E-state index contributed by atoms with van der Waals surface area (Å²) in [6.07, 6.45) is 0.717. The first kappa shape index (κ1) is 15.0. The third kappa shape index (κ3) is 3.81. The van der Waals surface area contributed by atoms with E-state index in [9.17, 15) is 4.39 Å². The zero-order valence-corrected chi connectivity index (χ0v) is 12.5. The maximum atomic E-state index is 14.1. The van der Waals surface area contributed by atoms with E-state index in [0.717, 1.165) is 24.1 Å². The van der Waals surface area contributed by atoms with E-state index in [1.54, 1.807) is 6.07 Å². The molecular weight excluding hydrogens is 273 g/mol. The van der Waals surface area contributed by atoms with Crippen molar-refractivity contribution in [2.75, 3.05) is 6.54 Å². The molecule has 20 heavy (non-hydrogen) atoms. The lowest BCUT2D eigenvalue weighted by Gasteiger charge is -2.20. The van der Waals surface area contributed by atoms with Gasteiger partial charge in [-0.3, -0.25) is 0 Å². The summed E-state index contributed by atoms with van der Waals surface area (Å²) in [5.74, 6) is -0.163. The van der Waals surface area contributed by atoms with Crippen LogP contribution in [-0.4, -0.2) is 6.54 Å². The molecule has 0 radical (unpaired) electrons. The number of rotatable bonds is 5. The largest absolute Gasteiger partial charge is 0.310 e. The summed E-state index contributed by atoms with van der Waals surface area (Å²) in [7, 11) is 0. The standard InChI is InChI=1S/C17H19ClFN/c1-3-20-17(11-13-5-4-6-14(18)10-13)15-9-12(2)7-8-16(15)19/h4-10,17,20H,3,11H2,1-2H3. The molecular formula is C17H19ClFN. The Labute approximate surface area is 124 Å². The van der Waals surface area contributed by atoms with Crippen LogP contribution in [0.3, 0.4) is 0 Å². The average molecular weight is 292 g/mol. The fraction of sp³-hybridized carbons (Fsp3) is 0.294. The Morgan fingerprint density at radius 2 is 2.00 bits per heavy atom. The maximum absolute atomic E-state index is 14.1.